The van der Waals surface area contributed by atoms with Crippen molar-refractivity contribution < 1.29 is 9.84 Å². The molecule has 4 N–H and O–H groups in total. The van der Waals surface area contributed by atoms with Crippen LogP contribution >= 0.6 is 0 Å². The highest BCUT2D eigenvalue weighted by Gasteiger charge is 2.37. The van der Waals surface area contributed by atoms with E-state index in [4.69, 9.17) is 20.4 Å². The maximum atomic E-state index is 10.1. The Morgan fingerprint density at radius 1 is 1.24 bits per heavy atom. The molecule has 10 heteroatoms. The van der Waals surface area contributed by atoms with Gasteiger partial charge in [0.05, 0.1) is 25.9 Å². The number of nitrogens with zero attached hydrogens (tertiary/aromatic N) is 6. The van der Waals surface area contributed by atoms with Gasteiger partial charge >= 0.3 is 0 Å². The summed E-state index contributed by atoms with van der Waals surface area (Å²) in [5, 5.41) is 13.8. The van der Waals surface area contributed by atoms with E-state index in [-0.39, 0.29) is 18.8 Å². The number of rotatable bonds is 7. The third kappa shape index (κ3) is 4.85. The molecular weight excluding hydrogens is 468 g/mol. The van der Waals surface area contributed by atoms with Crippen molar-refractivity contribution in [1.29, 1.82) is 0 Å². The Morgan fingerprint density at radius 2 is 2.05 bits per heavy atom. The first-order valence-corrected chi connectivity index (χ1v) is 12.4. The topological polar surface area (TPSA) is 125 Å². The quantitative estimate of drug-likeness (QED) is 0.420. The molecule has 192 valence electrons. The van der Waals surface area contributed by atoms with E-state index in [1.54, 1.807) is 31.7 Å². The van der Waals surface area contributed by atoms with Crippen molar-refractivity contribution in [3.8, 4) is 11.4 Å². The van der Waals surface area contributed by atoms with Gasteiger partial charge in [0.25, 0.3) is 0 Å². The van der Waals surface area contributed by atoms with E-state index in [1.165, 1.54) is 0 Å². The van der Waals surface area contributed by atoms with Crippen LogP contribution in [0.3, 0.4) is 0 Å². The van der Waals surface area contributed by atoms with Crippen molar-refractivity contribution in [1.82, 2.24) is 15.0 Å². The average Bonchev–Trinajstić information content (AvgIpc) is 3.34. The van der Waals surface area contributed by atoms with Crippen LogP contribution in [-0.4, -0.2) is 72.3 Å². The zero-order valence-electron chi connectivity index (χ0n) is 21.1. The molecule has 0 spiro atoms. The lowest BCUT2D eigenvalue weighted by Crippen LogP contribution is -2.48. The van der Waals surface area contributed by atoms with Crippen molar-refractivity contribution in [2.75, 3.05) is 55.1 Å². The third-order valence-corrected chi connectivity index (χ3v) is 6.67. The van der Waals surface area contributed by atoms with Crippen LogP contribution in [0.4, 0.5) is 17.3 Å². The number of aliphatic imine (C=N–C) groups is 1. The fraction of sp³-hybridized carbons (Fsp3) is 0.333. The number of hydrogen-bond acceptors (Lipinski definition) is 10. The summed E-state index contributed by atoms with van der Waals surface area (Å²) in [7, 11) is 1.71. The summed E-state index contributed by atoms with van der Waals surface area (Å²) in [5.74, 6) is 2.16. The number of aliphatic hydroxyl groups is 1. The van der Waals surface area contributed by atoms with Crippen molar-refractivity contribution in [3.63, 3.8) is 0 Å². The van der Waals surface area contributed by atoms with E-state index in [2.05, 4.69) is 32.0 Å². The van der Waals surface area contributed by atoms with Gasteiger partial charge in [-0.15, -0.1) is 0 Å². The Labute approximate surface area is 216 Å². The lowest BCUT2D eigenvalue weighted by atomic mass is 10.1. The first-order valence-electron chi connectivity index (χ1n) is 12.4. The Bertz CT molecular complexity index is 1300. The fourth-order valence-electron chi connectivity index (χ4n) is 4.76. The second-order valence-electron chi connectivity index (χ2n) is 8.90. The number of allylic oxidation sites excluding steroid dienone is 1. The monoisotopic (exact) mass is 500 g/mol. The van der Waals surface area contributed by atoms with E-state index in [0.29, 0.717) is 31.3 Å². The average molecular weight is 501 g/mol. The maximum Gasteiger partial charge on any atom is 0.164 e. The Kier molecular flexibility index (Phi) is 7.29. The number of hydrogen-bond donors (Lipinski definition) is 3. The molecule has 0 bridgehead atoms. The number of aliphatic hydroxyl groups excluding tert-OH is 1. The van der Waals surface area contributed by atoms with Gasteiger partial charge in [-0.1, -0.05) is 18.2 Å². The van der Waals surface area contributed by atoms with Crippen LogP contribution in [0, 0.1) is 0 Å². The maximum absolute atomic E-state index is 10.1. The number of nitrogens with two attached hydrogens (primary N) is 1. The minimum atomic E-state index is -0.198. The molecule has 2 aliphatic rings. The lowest BCUT2D eigenvalue weighted by Gasteiger charge is -2.36. The van der Waals surface area contributed by atoms with Crippen LogP contribution in [0.1, 0.15) is 24.2 Å². The number of fused-ring (bicyclic) bond motifs is 1. The van der Waals surface area contributed by atoms with Gasteiger partial charge in [-0.05, 0) is 42.3 Å². The van der Waals surface area contributed by atoms with Gasteiger partial charge in [-0.2, -0.15) is 0 Å². The summed E-state index contributed by atoms with van der Waals surface area (Å²) in [6, 6.07) is 11.7. The van der Waals surface area contributed by atoms with Crippen LogP contribution in [0.25, 0.3) is 17.1 Å². The molecule has 1 aromatic carbocycles. The molecule has 10 nitrogen and oxygen atoms in total. The minimum absolute atomic E-state index is 0.0326. The predicted octanol–water partition coefficient (Wildman–Crippen LogP) is 2.69. The second kappa shape index (κ2) is 10.9. The number of morpholine rings is 1. The highest BCUT2D eigenvalue weighted by molar-refractivity contribution is 5.87. The van der Waals surface area contributed by atoms with Gasteiger partial charge in [-0.25, -0.2) is 9.97 Å². The molecule has 1 fully saturated rings. The van der Waals surface area contributed by atoms with Gasteiger partial charge in [0.2, 0.25) is 0 Å². The smallest absolute Gasteiger partial charge is 0.164 e. The van der Waals surface area contributed by atoms with Gasteiger partial charge in [0.15, 0.2) is 17.5 Å². The zero-order valence-corrected chi connectivity index (χ0v) is 21.1. The Balaban J connectivity index is 1.64. The number of anilines is 3. The number of benzene rings is 1. The van der Waals surface area contributed by atoms with Crippen LogP contribution in [0.2, 0.25) is 0 Å². The van der Waals surface area contributed by atoms with E-state index < -0.39 is 0 Å². The molecule has 37 heavy (non-hydrogen) atoms. The fourth-order valence-corrected chi connectivity index (χ4v) is 4.76. The summed E-state index contributed by atoms with van der Waals surface area (Å²) in [4.78, 5) is 22.6. The molecule has 0 saturated carbocycles. The number of nitrogens with one attached hydrogen (secondary N) is 1. The molecule has 1 saturated heterocycles. The highest BCUT2D eigenvalue weighted by atomic mass is 16.5. The van der Waals surface area contributed by atoms with E-state index in [1.807, 2.05) is 36.4 Å². The van der Waals surface area contributed by atoms with Gasteiger partial charge in [0, 0.05) is 50.0 Å². The number of aromatic nitrogens is 3. The molecule has 0 amide bonds. The highest BCUT2D eigenvalue weighted by Crippen LogP contribution is 2.46. The molecule has 2 atom stereocenters. The van der Waals surface area contributed by atoms with E-state index >= 15 is 0 Å². The van der Waals surface area contributed by atoms with Gasteiger partial charge in [0.1, 0.15) is 11.9 Å². The van der Waals surface area contributed by atoms with E-state index in [0.717, 1.165) is 40.6 Å². The normalized spacial score (nSPS) is 19.8. The summed E-state index contributed by atoms with van der Waals surface area (Å²) in [6.45, 7) is 4.43. The summed E-state index contributed by atoms with van der Waals surface area (Å²) >= 11 is 0. The van der Waals surface area contributed by atoms with Crippen molar-refractivity contribution in [2.45, 2.75) is 19.1 Å². The van der Waals surface area contributed by atoms with E-state index in [9.17, 15) is 5.11 Å². The Hall–Kier alpha value is -4.02. The first-order chi connectivity index (χ1) is 18.1. The third-order valence-electron chi connectivity index (χ3n) is 6.67. The largest absolute Gasteiger partial charge is 0.398 e. The van der Waals surface area contributed by atoms with Crippen LogP contribution in [0.15, 0.2) is 59.9 Å². The van der Waals surface area contributed by atoms with Crippen molar-refractivity contribution >= 4 is 29.2 Å². The zero-order chi connectivity index (χ0) is 25.8. The molecule has 2 unspecified atom stereocenters. The minimum Gasteiger partial charge on any atom is -0.398 e. The van der Waals surface area contributed by atoms with Crippen molar-refractivity contribution in [3.05, 3.63) is 66.0 Å². The molecule has 3 aromatic rings. The lowest BCUT2D eigenvalue weighted by molar-refractivity contribution is 0.0723. The van der Waals surface area contributed by atoms with Crippen LogP contribution in [0.5, 0.6) is 0 Å². The Morgan fingerprint density at radius 3 is 2.81 bits per heavy atom. The molecule has 0 aliphatic carbocycles. The standard InChI is InChI=1S/C27H32N8O2/c1-3-34-25(18-7-11-30-12-8-18)31-23-26(34)32-24(33-27(23)35-13-14-37-17-21(35)16-36)20-6-4-5-19(15-20)22(28)9-10-29-2/h4-12,15,21,25,31,36H,3,13-14,16-17,28H2,1-2H3. The molecule has 5 rings (SSSR count). The molecular formula is C27H32N8O2. The first kappa shape index (κ1) is 24.7. The summed E-state index contributed by atoms with van der Waals surface area (Å²) in [6.07, 6.45) is 6.92. The molecule has 2 aliphatic heterocycles. The number of ether oxygens (including phenoxy) is 1. The predicted molar refractivity (Wildman–Crippen MR) is 147 cm³/mol. The van der Waals surface area contributed by atoms with Crippen LogP contribution in [-0.2, 0) is 4.74 Å². The second-order valence-corrected chi connectivity index (χ2v) is 8.90. The molecule has 2 aromatic heterocycles. The summed E-state index contributed by atoms with van der Waals surface area (Å²) in [5.41, 5.74) is 10.5. The van der Waals surface area contributed by atoms with Gasteiger partial charge in [-0.3, -0.25) is 9.98 Å². The molecule has 0 radical (unpaired) electrons. The van der Waals surface area contributed by atoms with Crippen molar-refractivity contribution in [2.24, 2.45) is 10.7 Å². The summed E-state index contributed by atoms with van der Waals surface area (Å²) < 4.78 is 5.65. The SMILES string of the molecule is CCN1c2nc(-c3cccc(C(N)=CC=NC)c3)nc(N3CCOCC3CO)c2NC1c1ccncc1. The van der Waals surface area contributed by atoms with Crippen LogP contribution < -0.4 is 20.9 Å². The molecule has 4 heterocycles. The number of pyridine rings is 1. The van der Waals surface area contributed by atoms with Gasteiger partial charge < -0.3 is 30.7 Å².